The Balaban J connectivity index is 2.21. The predicted molar refractivity (Wildman–Crippen MR) is 78.0 cm³/mol. The highest BCUT2D eigenvalue weighted by molar-refractivity contribution is 9.10. The Kier molecular flexibility index (Phi) is 4.56. The van der Waals surface area contributed by atoms with Crippen molar-refractivity contribution >= 4 is 33.3 Å². The van der Waals surface area contributed by atoms with Crippen LogP contribution in [-0.2, 0) is 6.42 Å². The lowest BCUT2D eigenvalue weighted by atomic mass is 10.0. The number of ketones is 1. The highest BCUT2D eigenvalue weighted by atomic mass is 79.9. The molecule has 19 heavy (non-hydrogen) atoms. The molecule has 2 aromatic rings. The van der Waals surface area contributed by atoms with E-state index in [0.717, 1.165) is 15.8 Å². The fourth-order valence-electron chi connectivity index (χ4n) is 1.63. The molecule has 1 heterocycles. The Hall–Kier alpha value is -1.39. The van der Waals surface area contributed by atoms with Crippen molar-refractivity contribution in [1.82, 2.24) is 4.98 Å². The third-order valence-corrected chi connectivity index (χ3v) is 3.65. The van der Waals surface area contributed by atoms with E-state index < -0.39 is 0 Å². The first-order valence-corrected chi connectivity index (χ1v) is 6.74. The average molecular weight is 341 g/mol. The second kappa shape index (κ2) is 6.17. The van der Waals surface area contributed by atoms with Gasteiger partial charge < -0.3 is 4.74 Å². The Labute approximate surface area is 124 Å². The van der Waals surface area contributed by atoms with Gasteiger partial charge in [-0.2, -0.15) is 0 Å². The van der Waals surface area contributed by atoms with Crippen molar-refractivity contribution in [2.24, 2.45) is 0 Å². The van der Waals surface area contributed by atoms with Gasteiger partial charge in [0.25, 0.3) is 0 Å². The second-order valence-corrected chi connectivity index (χ2v) is 5.17. The van der Waals surface area contributed by atoms with Gasteiger partial charge in [0, 0.05) is 22.7 Å². The van der Waals surface area contributed by atoms with Crippen LogP contribution in [0.4, 0.5) is 0 Å². The standard InChI is InChI=1S/C14H11BrClNO2/c1-19-11-3-4-12(15)10(6-11)7-13(18)9-2-5-14(16)17-8-9/h2-6,8H,7H2,1H3. The summed E-state index contributed by atoms with van der Waals surface area (Å²) < 4.78 is 6.03. The van der Waals surface area contributed by atoms with Gasteiger partial charge in [0.1, 0.15) is 10.9 Å². The number of halogens is 2. The zero-order valence-electron chi connectivity index (χ0n) is 10.2. The first-order valence-electron chi connectivity index (χ1n) is 5.57. The molecule has 0 radical (unpaired) electrons. The molecule has 5 heteroatoms. The van der Waals surface area contributed by atoms with Crippen LogP contribution in [0.1, 0.15) is 15.9 Å². The smallest absolute Gasteiger partial charge is 0.168 e. The number of nitrogens with zero attached hydrogens (tertiary/aromatic N) is 1. The lowest BCUT2D eigenvalue weighted by molar-refractivity contribution is 0.0992. The molecule has 1 aromatic carbocycles. The molecule has 0 saturated heterocycles. The summed E-state index contributed by atoms with van der Waals surface area (Å²) in [5.74, 6) is 0.707. The average Bonchev–Trinajstić information content (AvgIpc) is 2.42. The number of carbonyl (C=O) groups excluding carboxylic acids is 1. The Morgan fingerprint density at radius 1 is 1.37 bits per heavy atom. The number of pyridine rings is 1. The molecule has 0 aliphatic rings. The van der Waals surface area contributed by atoms with Crippen LogP contribution in [0.5, 0.6) is 5.75 Å². The maximum atomic E-state index is 12.1. The van der Waals surface area contributed by atoms with E-state index in [1.165, 1.54) is 6.20 Å². The molecule has 98 valence electrons. The van der Waals surface area contributed by atoms with Crippen molar-refractivity contribution < 1.29 is 9.53 Å². The van der Waals surface area contributed by atoms with Crippen molar-refractivity contribution in [3.63, 3.8) is 0 Å². The number of rotatable bonds is 4. The number of aromatic nitrogens is 1. The summed E-state index contributed by atoms with van der Waals surface area (Å²) in [6, 6.07) is 8.82. The fraction of sp³-hybridized carbons (Fsp3) is 0.143. The van der Waals surface area contributed by atoms with E-state index in [-0.39, 0.29) is 12.2 Å². The molecule has 0 spiro atoms. The number of ether oxygens (including phenoxy) is 1. The van der Waals surface area contributed by atoms with E-state index in [0.29, 0.717) is 10.7 Å². The van der Waals surface area contributed by atoms with Crippen molar-refractivity contribution in [1.29, 1.82) is 0 Å². The molecule has 3 nitrogen and oxygen atoms in total. The monoisotopic (exact) mass is 339 g/mol. The van der Waals surface area contributed by atoms with Crippen molar-refractivity contribution in [3.05, 3.63) is 57.3 Å². The van der Waals surface area contributed by atoms with Crippen molar-refractivity contribution in [2.75, 3.05) is 7.11 Å². The van der Waals surface area contributed by atoms with Crippen LogP contribution >= 0.6 is 27.5 Å². The SMILES string of the molecule is COc1ccc(Br)c(CC(=O)c2ccc(Cl)nc2)c1. The molecule has 0 atom stereocenters. The quantitative estimate of drug-likeness (QED) is 0.625. The van der Waals surface area contributed by atoms with Crippen LogP contribution in [0.3, 0.4) is 0 Å². The van der Waals surface area contributed by atoms with Crippen LogP contribution < -0.4 is 4.74 Å². The maximum absolute atomic E-state index is 12.1. The Morgan fingerprint density at radius 2 is 2.16 bits per heavy atom. The van der Waals surface area contributed by atoms with E-state index in [4.69, 9.17) is 16.3 Å². The first-order chi connectivity index (χ1) is 9.10. The number of carbonyl (C=O) groups is 1. The minimum absolute atomic E-state index is 0.0156. The summed E-state index contributed by atoms with van der Waals surface area (Å²) in [6.07, 6.45) is 1.76. The summed E-state index contributed by atoms with van der Waals surface area (Å²) in [6.45, 7) is 0. The molecule has 0 fully saturated rings. The lowest BCUT2D eigenvalue weighted by Gasteiger charge is -2.07. The number of hydrogen-bond donors (Lipinski definition) is 0. The van der Waals surface area contributed by atoms with Gasteiger partial charge in [-0.15, -0.1) is 0 Å². The van der Waals surface area contributed by atoms with Crippen LogP contribution in [0.25, 0.3) is 0 Å². The number of benzene rings is 1. The normalized spacial score (nSPS) is 10.3. The predicted octanol–water partition coefficient (Wildman–Crippen LogP) is 3.93. The number of hydrogen-bond acceptors (Lipinski definition) is 3. The number of methoxy groups -OCH3 is 1. The van der Waals surface area contributed by atoms with Crippen LogP contribution in [0.15, 0.2) is 41.0 Å². The first kappa shape index (κ1) is 14.0. The van der Waals surface area contributed by atoms with Crippen molar-refractivity contribution in [2.45, 2.75) is 6.42 Å². The van der Waals surface area contributed by atoms with E-state index in [1.54, 1.807) is 19.2 Å². The summed E-state index contributed by atoms with van der Waals surface area (Å²) in [5.41, 5.74) is 1.42. The molecular weight excluding hydrogens is 330 g/mol. The number of Topliss-reactive ketones (excluding diaryl/α,β-unsaturated/α-hetero) is 1. The molecular formula is C14H11BrClNO2. The molecule has 0 aliphatic carbocycles. The van der Waals surface area contributed by atoms with E-state index in [2.05, 4.69) is 20.9 Å². The van der Waals surface area contributed by atoms with Crippen LogP contribution in [-0.4, -0.2) is 17.9 Å². The zero-order valence-corrected chi connectivity index (χ0v) is 12.5. The van der Waals surface area contributed by atoms with Gasteiger partial charge in [0.05, 0.1) is 7.11 Å². The molecule has 2 rings (SSSR count). The van der Waals surface area contributed by atoms with Gasteiger partial charge in [-0.25, -0.2) is 4.98 Å². The van der Waals surface area contributed by atoms with Crippen molar-refractivity contribution in [3.8, 4) is 5.75 Å². The van der Waals surface area contributed by atoms with Gasteiger partial charge in [-0.3, -0.25) is 4.79 Å². The van der Waals surface area contributed by atoms with E-state index in [9.17, 15) is 4.79 Å². The minimum atomic E-state index is -0.0156. The van der Waals surface area contributed by atoms with Gasteiger partial charge >= 0.3 is 0 Å². The summed E-state index contributed by atoms with van der Waals surface area (Å²) in [4.78, 5) is 16.0. The third kappa shape index (κ3) is 3.55. The highest BCUT2D eigenvalue weighted by Gasteiger charge is 2.11. The Morgan fingerprint density at radius 3 is 2.79 bits per heavy atom. The van der Waals surface area contributed by atoms with Gasteiger partial charge in [0.15, 0.2) is 5.78 Å². The topological polar surface area (TPSA) is 39.2 Å². The van der Waals surface area contributed by atoms with E-state index >= 15 is 0 Å². The second-order valence-electron chi connectivity index (χ2n) is 3.93. The summed E-state index contributed by atoms with van der Waals surface area (Å²) in [7, 11) is 1.60. The van der Waals surface area contributed by atoms with Crippen LogP contribution in [0, 0.1) is 0 Å². The Bertz CT molecular complexity index is 599. The molecule has 0 saturated carbocycles. The fourth-order valence-corrected chi connectivity index (χ4v) is 2.13. The van der Waals surface area contributed by atoms with Crippen LogP contribution in [0.2, 0.25) is 5.15 Å². The summed E-state index contributed by atoms with van der Waals surface area (Å²) >= 11 is 9.12. The highest BCUT2D eigenvalue weighted by Crippen LogP contribution is 2.24. The molecule has 1 aromatic heterocycles. The molecule has 0 N–H and O–H groups in total. The molecule has 0 amide bonds. The zero-order chi connectivity index (χ0) is 13.8. The van der Waals surface area contributed by atoms with Gasteiger partial charge in [-0.05, 0) is 35.9 Å². The molecule has 0 aliphatic heterocycles. The van der Waals surface area contributed by atoms with E-state index in [1.807, 2.05) is 18.2 Å². The van der Waals surface area contributed by atoms with Gasteiger partial charge in [0.2, 0.25) is 0 Å². The molecule has 0 bridgehead atoms. The van der Waals surface area contributed by atoms with Gasteiger partial charge in [-0.1, -0.05) is 27.5 Å². The lowest BCUT2D eigenvalue weighted by Crippen LogP contribution is -2.04. The largest absolute Gasteiger partial charge is 0.497 e. The summed E-state index contributed by atoms with van der Waals surface area (Å²) in [5, 5.41) is 0.374. The minimum Gasteiger partial charge on any atom is -0.497 e. The maximum Gasteiger partial charge on any atom is 0.168 e. The third-order valence-electron chi connectivity index (χ3n) is 2.65. The molecule has 0 unspecified atom stereocenters.